The van der Waals surface area contributed by atoms with E-state index in [1.165, 1.54) is 19.2 Å². The summed E-state index contributed by atoms with van der Waals surface area (Å²) >= 11 is 0. The standard InChI is InChI=1S/C15H19F2NO3/c1-10-6-3-4-9-18(10)14(19)11-7-5-8-12(20-2)13(11)21-15(16)17/h5,7-8,10,15H,3-4,6,9H2,1-2H3/t10-/m1/s1. The molecule has 1 aromatic rings. The lowest BCUT2D eigenvalue weighted by molar-refractivity contribution is -0.0517. The van der Waals surface area contributed by atoms with E-state index in [1.807, 2.05) is 6.92 Å². The Balaban J connectivity index is 2.35. The van der Waals surface area contributed by atoms with Crippen LogP contribution in [0, 0.1) is 0 Å². The summed E-state index contributed by atoms with van der Waals surface area (Å²) in [5.74, 6) is -0.361. The summed E-state index contributed by atoms with van der Waals surface area (Å²) < 4.78 is 34.7. The fourth-order valence-corrected chi connectivity index (χ4v) is 2.61. The molecular weight excluding hydrogens is 280 g/mol. The van der Waals surface area contributed by atoms with Crippen molar-refractivity contribution in [3.05, 3.63) is 23.8 Å². The van der Waals surface area contributed by atoms with Crippen LogP contribution in [0.3, 0.4) is 0 Å². The summed E-state index contributed by atoms with van der Waals surface area (Å²) in [5, 5.41) is 0. The van der Waals surface area contributed by atoms with Crippen LogP contribution in [0.4, 0.5) is 8.78 Å². The zero-order chi connectivity index (χ0) is 15.4. The lowest BCUT2D eigenvalue weighted by atomic mass is 10.0. The minimum atomic E-state index is -3.01. The number of halogens is 2. The zero-order valence-electron chi connectivity index (χ0n) is 12.1. The molecule has 1 amide bonds. The van der Waals surface area contributed by atoms with Crippen molar-refractivity contribution >= 4 is 5.91 Å². The van der Waals surface area contributed by atoms with Crippen LogP contribution < -0.4 is 9.47 Å². The van der Waals surface area contributed by atoms with Gasteiger partial charge in [0.05, 0.1) is 12.7 Å². The number of likely N-dealkylation sites (tertiary alicyclic amines) is 1. The number of para-hydroxylation sites is 1. The van der Waals surface area contributed by atoms with Crippen molar-refractivity contribution in [1.29, 1.82) is 0 Å². The lowest BCUT2D eigenvalue weighted by Crippen LogP contribution is -2.42. The van der Waals surface area contributed by atoms with Crippen LogP contribution in [0.2, 0.25) is 0 Å². The topological polar surface area (TPSA) is 38.8 Å². The Bertz CT molecular complexity index is 508. The molecule has 0 aliphatic carbocycles. The molecule has 0 N–H and O–H groups in total. The van der Waals surface area contributed by atoms with E-state index in [4.69, 9.17) is 4.74 Å². The van der Waals surface area contributed by atoms with E-state index in [2.05, 4.69) is 4.74 Å². The van der Waals surface area contributed by atoms with Gasteiger partial charge in [-0.05, 0) is 38.3 Å². The number of benzene rings is 1. The number of nitrogens with zero attached hydrogens (tertiary/aromatic N) is 1. The summed E-state index contributed by atoms with van der Waals surface area (Å²) in [6.07, 6.45) is 2.91. The molecule has 116 valence electrons. The normalized spacial score (nSPS) is 18.7. The highest BCUT2D eigenvalue weighted by Gasteiger charge is 2.28. The molecule has 2 rings (SSSR count). The van der Waals surface area contributed by atoms with Gasteiger partial charge in [0, 0.05) is 12.6 Å². The Morgan fingerprint density at radius 1 is 1.38 bits per heavy atom. The summed E-state index contributed by atoms with van der Waals surface area (Å²) in [7, 11) is 1.35. The molecule has 0 radical (unpaired) electrons. The van der Waals surface area contributed by atoms with Gasteiger partial charge in [-0.3, -0.25) is 4.79 Å². The van der Waals surface area contributed by atoms with Crippen molar-refractivity contribution in [2.45, 2.75) is 38.8 Å². The highest BCUT2D eigenvalue weighted by atomic mass is 19.3. The van der Waals surface area contributed by atoms with E-state index < -0.39 is 6.61 Å². The van der Waals surface area contributed by atoms with E-state index in [1.54, 1.807) is 11.0 Å². The first-order valence-electron chi connectivity index (χ1n) is 6.97. The van der Waals surface area contributed by atoms with Crippen molar-refractivity contribution in [2.75, 3.05) is 13.7 Å². The second-order valence-electron chi connectivity index (χ2n) is 5.06. The van der Waals surface area contributed by atoms with Gasteiger partial charge in [0.1, 0.15) is 0 Å². The predicted octanol–water partition coefficient (Wildman–Crippen LogP) is 3.31. The number of piperidine rings is 1. The summed E-state index contributed by atoms with van der Waals surface area (Å²) in [4.78, 5) is 14.3. The van der Waals surface area contributed by atoms with Crippen molar-refractivity contribution in [1.82, 2.24) is 4.90 Å². The van der Waals surface area contributed by atoms with Crippen LogP contribution in [0.5, 0.6) is 11.5 Å². The van der Waals surface area contributed by atoms with Gasteiger partial charge in [-0.25, -0.2) is 0 Å². The zero-order valence-corrected chi connectivity index (χ0v) is 12.1. The van der Waals surface area contributed by atoms with Gasteiger partial charge in [0.15, 0.2) is 11.5 Å². The first-order valence-corrected chi connectivity index (χ1v) is 6.97. The van der Waals surface area contributed by atoms with Crippen LogP contribution >= 0.6 is 0 Å². The minimum absolute atomic E-state index is 0.0943. The lowest BCUT2D eigenvalue weighted by Gasteiger charge is -2.33. The van der Waals surface area contributed by atoms with Gasteiger partial charge in [-0.2, -0.15) is 8.78 Å². The van der Waals surface area contributed by atoms with Gasteiger partial charge >= 0.3 is 6.61 Å². The molecule has 1 aliphatic heterocycles. The molecule has 1 aromatic carbocycles. The van der Waals surface area contributed by atoms with Crippen LogP contribution in [0.25, 0.3) is 0 Å². The van der Waals surface area contributed by atoms with Crippen molar-refractivity contribution in [3.63, 3.8) is 0 Å². The van der Waals surface area contributed by atoms with Crippen LogP contribution in [-0.4, -0.2) is 37.1 Å². The van der Waals surface area contributed by atoms with E-state index in [0.717, 1.165) is 19.3 Å². The molecule has 1 fully saturated rings. The molecule has 0 unspecified atom stereocenters. The van der Waals surface area contributed by atoms with Crippen LogP contribution in [-0.2, 0) is 0 Å². The van der Waals surface area contributed by atoms with Gasteiger partial charge in [0.25, 0.3) is 5.91 Å². The molecular formula is C15H19F2NO3. The fraction of sp³-hybridized carbons (Fsp3) is 0.533. The van der Waals surface area contributed by atoms with Gasteiger partial charge in [0.2, 0.25) is 0 Å². The average Bonchev–Trinajstić information content (AvgIpc) is 2.46. The summed E-state index contributed by atoms with van der Waals surface area (Å²) in [6, 6.07) is 4.67. The first kappa shape index (κ1) is 15.5. The van der Waals surface area contributed by atoms with E-state index in [9.17, 15) is 13.6 Å². The summed E-state index contributed by atoms with van der Waals surface area (Å²) in [5.41, 5.74) is 0.114. The number of alkyl halides is 2. The van der Waals surface area contributed by atoms with E-state index in [0.29, 0.717) is 6.54 Å². The van der Waals surface area contributed by atoms with Gasteiger partial charge < -0.3 is 14.4 Å². The third-order valence-electron chi connectivity index (χ3n) is 3.70. The van der Waals surface area contributed by atoms with Crippen molar-refractivity contribution < 1.29 is 23.0 Å². The second kappa shape index (κ2) is 6.74. The van der Waals surface area contributed by atoms with Crippen LogP contribution in [0.1, 0.15) is 36.5 Å². The maximum absolute atomic E-state index is 12.6. The quantitative estimate of drug-likeness (QED) is 0.856. The van der Waals surface area contributed by atoms with Gasteiger partial charge in [-0.15, -0.1) is 0 Å². The Morgan fingerprint density at radius 3 is 2.76 bits per heavy atom. The highest BCUT2D eigenvalue weighted by molar-refractivity contribution is 5.98. The number of carbonyl (C=O) groups is 1. The molecule has 0 spiro atoms. The number of amides is 1. The molecule has 1 atom stereocenters. The van der Waals surface area contributed by atoms with Crippen LogP contribution in [0.15, 0.2) is 18.2 Å². The molecule has 0 saturated carbocycles. The second-order valence-corrected chi connectivity index (χ2v) is 5.06. The number of hydrogen-bond acceptors (Lipinski definition) is 3. The predicted molar refractivity (Wildman–Crippen MR) is 74.0 cm³/mol. The Labute approximate surface area is 122 Å². The number of carbonyl (C=O) groups excluding carboxylic acids is 1. The largest absolute Gasteiger partial charge is 0.493 e. The maximum atomic E-state index is 12.6. The van der Waals surface area contributed by atoms with Gasteiger partial charge in [-0.1, -0.05) is 6.07 Å². The van der Waals surface area contributed by atoms with Crippen molar-refractivity contribution in [2.24, 2.45) is 0 Å². The average molecular weight is 299 g/mol. The molecule has 0 bridgehead atoms. The maximum Gasteiger partial charge on any atom is 0.387 e. The summed E-state index contributed by atoms with van der Waals surface area (Å²) in [6.45, 7) is -0.414. The number of hydrogen-bond donors (Lipinski definition) is 0. The fourth-order valence-electron chi connectivity index (χ4n) is 2.61. The molecule has 1 aliphatic rings. The SMILES string of the molecule is COc1cccc(C(=O)N2CCCC[C@H]2C)c1OC(F)F. The molecule has 21 heavy (non-hydrogen) atoms. The first-order chi connectivity index (χ1) is 10.0. The monoisotopic (exact) mass is 299 g/mol. The third kappa shape index (κ3) is 3.43. The number of ether oxygens (including phenoxy) is 2. The number of methoxy groups -OCH3 is 1. The Hall–Kier alpha value is -1.85. The Kier molecular flexibility index (Phi) is 4.98. The van der Waals surface area contributed by atoms with E-state index >= 15 is 0 Å². The molecule has 1 saturated heterocycles. The highest BCUT2D eigenvalue weighted by Crippen LogP contribution is 2.34. The minimum Gasteiger partial charge on any atom is -0.493 e. The van der Waals surface area contributed by atoms with Crippen molar-refractivity contribution in [3.8, 4) is 11.5 Å². The number of rotatable bonds is 4. The molecule has 1 heterocycles. The Morgan fingerprint density at radius 2 is 2.14 bits per heavy atom. The third-order valence-corrected chi connectivity index (χ3v) is 3.70. The molecule has 0 aromatic heterocycles. The molecule has 6 heteroatoms. The molecule has 4 nitrogen and oxygen atoms in total. The van der Waals surface area contributed by atoms with E-state index in [-0.39, 0.29) is 29.0 Å². The smallest absolute Gasteiger partial charge is 0.387 e.